The van der Waals surface area contributed by atoms with Crippen LogP contribution in [0, 0.1) is 6.92 Å². The summed E-state index contributed by atoms with van der Waals surface area (Å²) in [6.45, 7) is 2.29. The van der Waals surface area contributed by atoms with E-state index in [1.165, 1.54) is 11.8 Å². The number of rotatable bonds is 5. The molecule has 0 radical (unpaired) electrons. The quantitative estimate of drug-likeness (QED) is 0.403. The molecular formula is C20H18N6O2S. The molecule has 9 heteroatoms. The maximum absolute atomic E-state index is 12.3. The number of nitrogens with zero attached hydrogens (tertiary/aromatic N) is 2. The number of benzene rings is 1. The number of amides is 1. The van der Waals surface area contributed by atoms with Gasteiger partial charge in [0.25, 0.3) is 11.5 Å². The van der Waals surface area contributed by atoms with E-state index in [4.69, 9.17) is 5.73 Å². The third-order valence-electron chi connectivity index (χ3n) is 4.32. The maximum atomic E-state index is 12.3. The molecule has 4 aromatic rings. The topological polar surface area (TPSA) is 130 Å². The number of nitrogens with two attached hydrogens (primary N) is 1. The number of nitrogens with one attached hydrogen (secondary N) is 3. The van der Waals surface area contributed by atoms with Crippen molar-refractivity contribution in [1.82, 2.24) is 25.3 Å². The van der Waals surface area contributed by atoms with Crippen molar-refractivity contribution < 1.29 is 4.79 Å². The average Bonchev–Trinajstić information content (AvgIpc) is 3.02. The molecule has 4 rings (SSSR count). The second kappa shape index (κ2) is 7.80. The van der Waals surface area contributed by atoms with E-state index in [2.05, 4.69) is 25.3 Å². The van der Waals surface area contributed by atoms with E-state index < -0.39 is 0 Å². The van der Waals surface area contributed by atoms with Crippen LogP contribution in [0.5, 0.6) is 0 Å². The number of aryl methyl sites for hydroxylation is 1. The van der Waals surface area contributed by atoms with E-state index in [1.54, 1.807) is 24.5 Å². The lowest BCUT2D eigenvalue weighted by Gasteiger charge is -2.06. The predicted molar refractivity (Wildman–Crippen MR) is 112 cm³/mol. The van der Waals surface area contributed by atoms with E-state index in [1.807, 2.05) is 31.2 Å². The monoisotopic (exact) mass is 406 g/mol. The minimum atomic E-state index is -0.286. The highest BCUT2D eigenvalue weighted by molar-refractivity contribution is 7.99. The molecule has 0 saturated heterocycles. The summed E-state index contributed by atoms with van der Waals surface area (Å²) in [5.41, 5.74) is 8.09. The lowest BCUT2D eigenvalue weighted by molar-refractivity contribution is 0.0951. The van der Waals surface area contributed by atoms with Gasteiger partial charge in [0.05, 0.1) is 5.39 Å². The molecule has 0 unspecified atom stereocenters. The minimum Gasteiger partial charge on any atom is -0.369 e. The molecule has 3 aromatic heterocycles. The molecule has 29 heavy (non-hydrogen) atoms. The highest BCUT2D eigenvalue weighted by atomic mass is 32.2. The number of H-pyrrole nitrogens is 2. The van der Waals surface area contributed by atoms with E-state index in [9.17, 15) is 9.59 Å². The summed E-state index contributed by atoms with van der Waals surface area (Å²) in [6.07, 6.45) is 3.41. The second-order valence-electron chi connectivity index (χ2n) is 6.42. The van der Waals surface area contributed by atoms with Crippen LogP contribution in [-0.4, -0.2) is 25.8 Å². The zero-order chi connectivity index (χ0) is 20.4. The number of aromatic nitrogens is 4. The van der Waals surface area contributed by atoms with Gasteiger partial charge in [-0.25, -0.2) is 0 Å². The smallest absolute Gasteiger partial charge is 0.262 e. The summed E-state index contributed by atoms with van der Waals surface area (Å²) in [6, 6.07) is 10.9. The number of carbonyl (C=O) groups excluding carboxylic acids is 1. The first-order chi connectivity index (χ1) is 14.0. The standard InChI is InChI=1S/C20H18N6O2S/c1-11-16(15-17(24-11)25-20(21)26-19(15)28)29-14-6-4-13(5-7-14)18(27)23-10-12-3-2-8-22-9-12/h2-9H,10H2,1H3,(H,23,27)(H4,21,24,25,26,28). The van der Waals surface area contributed by atoms with Gasteiger partial charge in [-0.15, -0.1) is 0 Å². The van der Waals surface area contributed by atoms with Gasteiger partial charge in [0.1, 0.15) is 5.65 Å². The van der Waals surface area contributed by atoms with Gasteiger partial charge in [0.15, 0.2) is 0 Å². The lowest BCUT2D eigenvalue weighted by atomic mass is 10.2. The molecule has 5 N–H and O–H groups in total. The number of hydrogen-bond donors (Lipinski definition) is 4. The third kappa shape index (κ3) is 3.99. The van der Waals surface area contributed by atoms with Crippen molar-refractivity contribution in [3.63, 3.8) is 0 Å². The Morgan fingerprint density at radius 1 is 1.21 bits per heavy atom. The molecule has 0 atom stereocenters. The lowest BCUT2D eigenvalue weighted by Crippen LogP contribution is -2.22. The van der Waals surface area contributed by atoms with Crippen molar-refractivity contribution in [2.45, 2.75) is 23.3 Å². The summed E-state index contributed by atoms with van der Waals surface area (Å²) in [5, 5.41) is 3.34. The summed E-state index contributed by atoms with van der Waals surface area (Å²) in [7, 11) is 0. The molecule has 3 heterocycles. The van der Waals surface area contributed by atoms with E-state index in [0.29, 0.717) is 23.1 Å². The van der Waals surface area contributed by atoms with Gasteiger partial charge >= 0.3 is 0 Å². The van der Waals surface area contributed by atoms with E-state index in [-0.39, 0.29) is 17.4 Å². The van der Waals surface area contributed by atoms with Crippen LogP contribution in [0.25, 0.3) is 11.0 Å². The first-order valence-electron chi connectivity index (χ1n) is 8.84. The second-order valence-corrected chi connectivity index (χ2v) is 7.51. The summed E-state index contributed by atoms with van der Waals surface area (Å²) < 4.78 is 0. The Balaban J connectivity index is 1.50. The van der Waals surface area contributed by atoms with Gasteiger partial charge in [-0.2, -0.15) is 4.98 Å². The number of pyridine rings is 1. The number of fused-ring (bicyclic) bond motifs is 1. The zero-order valence-electron chi connectivity index (χ0n) is 15.5. The summed E-state index contributed by atoms with van der Waals surface area (Å²) in [5.74, 6) is -0.0910. The Kier molecular flexibility index (Phi) is 5.05. The van der Waals surface area contributed by atoms with Crippen LogP contribution >= 0.6 is 11.8 Å². The molecule has 0 fully saturated rings. The Morgan fingerprint density at radius 2 is 2.00 bits per heavy atom. The Bertz CT molecular complexity index is 1230. The van der Waals surface area contributed by atoms with Crippen LogP contribution in [0.3, 0.4) is 0 Å². The molecule has 0 aliphatic carbocycles. The molecule has 8 nitrogen and oxygen atoms in total. The zero-order valence-corrected chi connectivity index (χ0v) is 16.3. The number of aromatic amines is 2. The molecule has 1 aromatic carbocycles. The van der Waals surface area contributed by atoms with Crippen molar-refractivity contribution in [3.05, 3.63) is 76.0 Å². The molecule has 1 amide bonds. The van der Waals surface area contributed by atoms with Gasteiger partial charge < -0.3 is 16.0 Å². The van der Waals surface area contributed by atoms with Crippen LogP contribution in [-0.2, 0) is 6.54 Å². The minimum absolute atomic E-state index is 0.0712. The average molecular weight is 406 g/mol. The Labute approximate surface area is 170 Å². The van der Waals surface area contributed by atoms with E-state index in [0.717, 1.165) is 21.0 Å². The molecule has 0 saturated carbocycles. The molecule has 0 aliphatic rings. The third-order valence-corrected chi connectivity index (χ3v) is 5.55. The maximum Gasteiger partial charge on any atom is 0.262 e. The molecule has 0 aliphatic heterocycles. The van der Waals surface area contributed by atoms with Crippen molar-refractivity contribution in [2.75, 3.05) is 5.73 Å². The number of hydrogen-bond acceptors (Lipinski definition) is 6. The Hall–Kier alpha value is -3.59. The SMILES string of the molecule is Cc1[nH]c2nc(N)[nH]c(=O)c2c1Sc1ccc(C(=O)NCc2cccnc2)cc1. The van der Waals surface area contributed by atoms with Crippen LogP contribution in [0.15, 0.2) is 63.4 Å². The highest BCUT2D eigenvalue weighted by Gasteiger charge is 2.15. The van der Waals surface area contributed by atoms with Gasteiger partial charge in [-0.1, -0.05) is 17.8 Å². The summed E-state index contributed by atoms with van der Waals surface area (Å²) >= 11 is 1.43. The number of nitrogen functional groups attached to an aromatic ring is 1. The molecule has 0 spiro atoms. The van der Waals surface area contributed by atoms with Crippen molar-refractivity contribution in [3.8, 4) is 0 Å². The van der Waals surface area contributed by atoms with Gasteiger partial charge in [-0.05, 0) is 42.8 Å². The predicted octanol–water partition coefficient (Wildman–Crippen LogP) is 2.62. The Morgan fingerprint density at radius 3 is 2.72 bits per heavy atom. The van der Waals surface area contributed by atoms with Crippen LogP contribution in [0.4, 0.5) is 5.95 Å². The first kappa shape index (κ1) is 18.8. The van der Waals surface area contributed by atoms with Crippen molar-refractivity contribution >= 4 is 34.7 Å². The number of anilines is 1. The van der Waals surface area contributed by atoms with Crippen LogP contribution in [0.2, 0.25) is 0 Å². The first-order valence-corrected chi connectivity index (χ1v) is 9.66. The fourth-order valence-electron chi connectivity index (χ4n) is 2.92. The van der Waals surface area contributed by atoms with Crippen LogP contribution in [0.1, 0.15) is 21.6 Å². The number of carbonyl (C=O) groups is 1. The molecular weight excluding hydrogens is 388 g/mol. The summed E-state index contributed by atoms with van der Waals surface area (Å²) in [4.78, 5) is 40.1. The fourth-order valence-corrected chi connectivity index (χ4v) is 3.92. The van der Waals surface area contributed by atoms with Gasteiger partial charge in [-0.3, -0.25) is 19.6 Å². The molecule has 146 valence electrons. The van der Waals surface area contributed by atoms with Gasteiger partial charge in [0.2, 0.25) is 5.95 Å². The normalized spacial score (nSPS) is 10.9. The largest absolute Gasteiger partial charge is 0.369 e. The van der Waals surface area contributed by atoms with Crippen LogP contribution < -0.4 is 16.6 Å². The highest BCUT2D eigenvalue weighted by Crippen LogP contribution is 2.34. The fraction of sp³-hybridized carbons (Fsp3) is 0.100. The van der Waals surface area contributed by atoms with E-state index >= 15 is 0 Å². The van der Waals surface area contributed by atoms with Crippen molar-refractivity contribution in [2.24, 2.45) is 0 Å². The van der Waals surface area contributed by atoms with Gasteiger partial charge in [0, 0.05) is 40.0 Å². The van der Waals surface area contributed by atoms with Crippen molar-refractivity contribution in [1.29, 1.82) is 0 Å². The molecule has 0 bridgehead atoms.